The topological polar surface area (TPSA) is 265 Å². The first-order valence-electron chi connectivity index (χ1n) is 15.5. The van der Waals surface area contributed by atoms with Gasteiger partial charge in [0.05, 0.1) is 37.2 Å². The second kappa shape index (κ2) is 17.6. The maximum atomic E-state index is 11.0. The minimum absolute atomic E-state index is 0.0167. The Balaban J connectivity index is 0.000000223. The molecule has 4 heterocycles. The normalized spacial score (nSPS) is 10.2. The second-order valence-electron chi connectivity index (χ2n) is 10.9. The molecule has 0 unspecified atom stereocenters. The number of benzene rings is 2. The van der Waals surface area contributed by atoms with Crippen molar-refractivity contribution in [2.24, 2.45) is 0 Å². The van der Waals surface area contributed by atoms with Crippen LogP contribution in [0.3, 0.4) is 0 Å². The average Bonchev–Trinajstić information content (AvgIpc) is 3.75. The molecule has 52 heavy (non-hydrogen) atoms. The molecule has 0 aliphatic carbocycles. The lowest BCUT2D eigenvalue weighted by atomic mass is 10.2. The highest BCUT2D eigenvalue weighted by atomic mass is 16.6. The predicted octanol–water partition coefficient (Wildman–Crippen LogP) is 5.72. The highest BCUT2D eigenvalue weighted by Crippen LogP contribution is 2.30. The monoisotopic (exact) mass is 712 g/mol. The minimum Gasteiger partial charge on any atom is -0.491 e. The number of ether oxygens (including phenoxy) is 2. The van der Waals surface area contributed by atoms with Crippen molar-refractivity contribution >= 4 is 57.9 Å². The van der Waals surface area contributed by atoms with Gasteiger partial charge in [0.2, 0.25) is 11.9 Å². The number of aliphatic hydroxyl groups excluding tert-OH is 1. The Morgan fingerprint density at radius 3 is 1.60 bits per heavy atom. The highest BCUT2D eigenvalue weighted by Gasteiger charge is 2.14. The molecule has 2 aromatic carbocycles. The van der Waals surface area contributed by atoms with Gasteiger partial charge < -0.3 is 41.6 Å². The van der Waals surface area contributed by atoms with E-state index in [4.69, 9.17) is 20.3 Å². The van der Waals surface area contributed by atoms with Crippen molar-refractivity contribution in [1.82, 2.24) is 40.3 Å². The molecule has 6 rings (SSSR count). The number of nitrogens with one attached hydrogen (secondary N) is 6. The summed E-state index contributed by atoms with van der Waals surface area (Å²) in [6.45, 7) is 7.62. The van der Waals surface area contributed by atoms with Gasteiger partial charge in [-0.15, -0.1) is 0 Å². The molecule has 19 heteroatoms. The Kier molecular flexibility index (Phi) is 12.8. The summed E-state index contributed by atoms with van der Waals surface area (Å²) in [6, 6.07) is 13.9. The number of nitrogens with zero attached hydrogens (tertiary/aromatic N) is 7. The molecule has 0 saturated carbocycles. The van der Waals surface area contributed by atoms with E-state index in [1.54, 1.807) is 19.4 Å². The van der Waals surface area contributed by atoms with Crippen LogP contribution in [0.1, 0.15) is 22.5 Å². The van der Waals surface area contributed by atoms with Gasteiger partial charge in [-0.05, 0) is 51.0 Å². The molecule has 0 aliphatic rings. The van der Waals surface area contributed by atoms with Crippen LogP contribution in [-0.4, -0.2) is 71.7 Å². The van der Waals surface area contributed by atoms with Gasteiger partial charge in [0.1, 0.15) is 0 Å². The van der Waals surface area contributed by atoms with Crippen molar-refractivity contribution in [2.45, 2.75) is 27.7 Å². The van der Waals surface area contributed by atoms with E-state index < -0.39 is 4.92 Å². The Bertz CT molecular complexity index is 2120. The Morgan fingerprint density at radius 2 is 1.17 bits per heavy atom. The molecule has 272 valence electrons. The number of nitro benzene ring substituents is 1. The summed E-state index contributed by atoms with van der Waals surface area (Å²) in [5, 5.41) is 44.2. The number of nitrogens with two attached hydrogens (primary N) is 1. The van der Waals surface area contributed by atoms with Crippen LogP contribution in [0.2, 0.25) is 0 Å². The molecule has 6 aromatic rings. The van der Waals surface area contributed by atoms with Gasteiger partial charge in [-0.25, -0.2) is 9.97 Å². The zero-order valence-electron chi connectivity index (χ0n) is 29.6. The Morgan fingerprint density at radius 1 is 0.712 bits per heavy atom. The van der Waals surface area contributed by atoms with Crippen LogP contribution < -0.4 is 36.5 Å². The van der Waals surface area contributed by atoms with Gasteiger partial charge >= 0.3 is 0 Å². The molecule has 19 nitrogen and oxygen atoms in total. The highest BCUT2D eigenvalue weighted by molar-refractivity contribution is 5.68. The van der Waals surface area contributed by atoms with Crippen LogP contribution in [0, 0.1) is 37.8 Å². The molecule has 0 radical (unpaired) electrons. The summed E-state index contributed by atoms with van der Waals surface area (Å²) in [7, 11) is 4.08. The number of hydrogen-bond acceptors (Lipinski definition) is 16. The first-order chi connectivity index (χ1) is 25.0. The third-order valence-electron chi connectivity index (χ3n) is 7.04. The van der Waals surface area contributed by atoms with Crippen molar-refractivity contribution in [3.63, 3.8) is 0 Å². The third-order valence-corrected chi connectivity index (χ3v) is 7.04. The number of non-ortho nitro benzene ring substituents is 1. The zero-order valence-corrected chi connectivity index (χ0v) is 29.6. The Hall–Kier alpha value is -7.02. The predicted molar refractivity (Wildman–Crippen MR) is 199 cm³/mol. The molecule has 4 aromatic heterocycles. The lowest BCUT2D eigenvalue weighted by Crippen LogP contribution is -2.04. The zero-order chi connectivity index (χ0) is 37.8. The number of aromatic nitrogens is 8. The molecule has 0 atom stereocenters. The van der Waals surface area contributed by atoms with Gasteiger partial charge in [-0.1, -0.05) is 12.1 Å². The smallest absolute Gasteiger partial charge is 0.271 e. The van der Waals surface area contributed by atoms with Crippen molar-refractivity contribution in [3.05, 3.63) is 93.6 Å². The lowest BCUT2D eigenvalue weighted by molar-refractivity contribution is -0.384. The number of rotatable bonds is 11. The molecular weight excluding hydrogens is 672 g/mol. The summed E-state index contributed by atoms with van der Waals surface area (Å²) < 4.78 is 10.6. The van der Waals surface area contributed by atoms with E-state index in [2.05, 4.69) is 61.6 Å². The number of nitrogen functional groups attached to an aromatic ring is 1. The quantitative estimate of drug-likeness (QED) is 0.0453. The fourth-order valence-electron chi connectivity index (χ4n) is 4.42. The van der Waals surface area contributed by atoms with E-state index in [-0.39, 0.29) is 11.6 Å². The van der Waals surface area contributed by atoms with Crippen LogP contribution in [0.25, 0.3) is 0 Å². The molecule has 0 amide bonds. The fourth-order valence-corrected chi connectivity index (χ4v) is 4.42. The summed E-state index contributed by atoms with van der Waals surface area (Å²) in [5.41, 5.74) is 11.6. The van der Waals surface area contributed by atoms with E-state index in [0.717, 1.165) is 35.3 Å². The maximum Gasteiger partial charge on any atom is 0.271 e. The first-order valence-corrected chi connectivity index (χ1v) is 15.5. The lowest BCUT2D eigenvalue weighted by Gasteiger charge is -2.12. The molecule has 0 aliphatic heterocycles. The minimum atomic E-state index is -0.452. The van der Waals surface area contributed by atoms with E-state index in [1.807, 2.05) is 58.0 Å². The van der Waals surface area contributed by atoms with Crippen LogP contribution in [-0.2, 0) is 0 Å². The summed E-state index contributed by atoms with van der Waals surface area (Å²) in [5.74, 6) is 3.82. The number of H-pyrrole nitrogens is 2. The SMILES string of the molecule is CO.COc1cnc(Nc2cc(N)ccc2C)nc1Nc1cc(C)[nH]n1.COc1cnc(Nc2cc([N+](=O)[O-])ccc2C)nc1Nc1cc(C)[nH]n1. The molecule has 0 saturated heterocycles. The number of aryl methyl sites for hydroxylation is 4. The standard InChI is InChI=1S/C16H17N7O3.C16H19N7O.CH4O/c1-9-4-5-11(23(24)25)7-12(9)18-16-17-8-13(26-3)15(20-16)19-14-6-10(2)21-22-14;1-9-4-5-11(17)7-12(9)19-16-18-8-13(24-3)15(21-16)20-14-6-10(2)22-23-14;1-2/h4-8H,1-3H3,(H3,17,18,19,20,21,22);4-8H,17H2,1-3H3,(H3,18,19,20,21,22,23);2H,1H3. The first kappa shape index (κ1) is 37.8. The summed E-state index contributed by atoms with van der Waals surface area (Å²) in [6.07, 6.45) is 3.10. The van der Waals surface area contributed by atoms with Crippen molar-refractivity contribution in [2.75, 3.05) is 48.3 Å². The van der Waals surface area contributed by atoms with Gasteiger partial charge in [0.25, 0.3) is 5.69 Å². The molecular formula is C33H40N14O5. The van der Waals surface area contributed by atoms with Crippen molar-refractivity contribution in [1.29, 1.82) is 0 Å². The van der Waals surface area contributed by atoms with Crippen LogP contribution >= 0.6 is 0 Å². The number of nitro groups is 1. The molecule has 9 N–H and O–H groups in total. The van der Waals surface area contributed by atoms with Crippen LogP contribution in [0.5, 0.6) is 11.5 Å². The fraction of sp³-hybridized carbons (Fsp3) is 0.212. The van der Waals surface area contributed by atoms with Gasteiger partial charge in [0.15, 0.2) is 34.8 Å². The van der Waals surface area contributed by atoms with Crippen LogP contribution in [0.15, 0.2) is 60.9 Å². The van der Waals surface area contributed by atoms with E-state index in [9.17, 15) is 10.1 Å². The largest absolute Gasteiger partial charge is 0.491 e. The van der Waals surface area contributed by atoms with Crippen molar-refractivity contribution in [3.8, 4) is 11.5 Å². The third kappa shape index (κ3) is 10.0. The van der Waals surface area contributed by atoms with Gasteiger partial charge in [-0.2, -0.15) is 20.2 Å². The van der Waals surface area contributed by atoms with E-state index in [1.165, 1.54) is 25.4 Å². The van der Waals surface area contributed by atoms with Gasteiger partial charge in [-0.3, -0.25) is 20.3 Å². The van der Waals surface area contributed by atoms with Crippen molar-refractivity contribution < 1.29 is 19.5 Å². The number of aromatic amines is 2. The summed E-state index contributed by atoms with van der Waals surface area (Å²) in [4.78, 5) is 27.8. The second-order valence-corrected chi connectivity index (χ2v) is 10.9. The van der Waals surface area contributed by atoms with E-state index >= 15 is 0 Å². The molecule has 0 fully saturated rings. The number of hydrogen-bond donors (Lipinski definition) is 8. The molecule has 0 bridgehead atoms. The molecule has 0 spiro atoms. The average molecular weight is 713 g/mol. The number of methoxy groups -OCH3 is 2. The number of anilines is 9. The number of aliphatic hydroxyl groups is 1. The van der Waals surface area contributed by atoms with Gasteiger partial charge in [0, 0.05) is 54.1 Å². The maximum absolute atomic E-state index is 11.0. The van der Waals surface area contributed by atoms with Crippen LogP contribution in [0.4, 0.5) is 57.9 Å². The summed E-state index contributed by atoms with van der Waals surface area (Å²) >= 11 is 0. The van der Waals surface area contributed by atoms with E-state index in [0.29, 0.717) is 52.1 Å². The Labute approximate surface area is 298 Å².